The van der Waals surface area contributed by atoms with Crippen molar-refractivity contribution in [2.24, 2.45) is 0 Å². The lowest BCUT2D eigenvalue weighted by molar-refractivity contribution is -0.132. The number of halogens is 1. The van der Waals surface area contributed by atoms with Gasteiger partial charge in [-0.15, -0.1) is 0 Å². The van der Waals surface area contributed by atoms with Gasteiger partial charge in [-0.3, -0.25) is 0 Å². The van der Waals surface area contributed by atoms with E-state index in [0.29, 0.717) is 0 Å². The molecule has 0 aliphatic carbocycles. The molecule has 0 aromatic carbocycles. The van der Waals surface area contributed by atoms with E-state index >= 15 is 0 Å². The van der Waals surface area contributed by atoms with Crippen molar-refractivity contribution < 1.29 is 14.6 Å². The van der Waals surface area contributed by atoms with Crippen molar-refractivity contribution in [1.82, 2.24) is 0 Å². The molecule has 0 heterocycles. The van der Waals surface area contributed by atoms with E-state index in [4.69, 9.17) is 16.7 Å². The van der Waals surface area contributed by atoms with Crippen molar-refractivity contribution in [2.45, 2.75) is 0 Å². The zero-order valence-corrected chi connectivity index (χ0v) is 4.97. The van der Waals surface area contributed by atoms with Crippen molar-refractivity contribution in [3.8, 4) is 0 Å². The fourth-order valence-electron chi connectivity index (χ4n) is 0.154. The normalized spacial score (nSPS) is 11.0. The summed E-state index contributed by atoms with van der Waals surface area (Å²) in [6.45, 7) is 0. The summed E-state index contributed by atoms with van der Waals surface area (Å²) in [7, 11) is 1.32. The Morgan fingerprint density at radius 1 is 1.88 bits per heavy atom. The lowest BCUT2D eigenvalue weighted by atomic mass is 10.6. The average Bonchev–Trinajstić information content (AvgIpc) is 1.67. The maximum absolute atomic E-state index is 9.81. The molecule has 0 aliphatic rings. The van der Waals surface area contributed by atoms with Gasteiger partial charge in [-0.05, 0) is 0 Å². The van der Waals surface area contributed by atoms with Crippen LogP contribution >= 0.6 is 11.6 Å². The van der Waals surface area contributed by atoms with Crippen LogP contribution in [-0.4, -0.2) is 18.2 Å². The Labute approximate surface area is 51.5 Å². The summed E-state index contributed by atoms with van der Waals surface area (Å²) in [5.74, 6) is -1.19. The summed E-state index contributed by atoms with van der Waals surface area (Å²) >= 11 is 5.05. The van der Waals surface area contributed by atoms with Gasteiger partial charge in [0.05, 0.1) is 7.11 Å². The van der Waals surface area contributed by atoms with Gasteiger partial charge in [0.15, 0.2) is 5.03 Å². The maximum atomic E-state index is 9.81. The Morgan fingerprint density at radius 2 is 2.38 bits per heavy atom. The predicted octanol–water partition coefficient (Wildman–Crippen LogP) is 0.798. The molecule has 46 valence electrons. The summed E-state index contributed by atoms with van der Waals surface area (Å²) in [4.78, 5) is 9.81. The summed E-state index contributed by atoms with van der Waals surface area (Å²) in [5, 5.41) is 7.71. The number of rotatable bonds is 2. The minimum atomic E-state index is -1.19. The molecule has 0 unspecified atom stereocenters. The maximum Gasteiger partial charge on any atom is 0.350 e. The molecule has 0 atom stereocenters. The predicted molar refractivity (Wildman–Crippen MR) is 28.6 cm³/mol. The highest BCUT2D eigenvalue weighted by molar-refractivity contribution is 6.40. The first-order valence-corrected chi connectivity index (χ1v) is 2.18. The van der Waals surface area contributed by atoms with E-state index < -0.39 is 5.97 Å². The van der Waals surface area contributed by atoms with E-state index in [1.54, 1.807) is 0 Å². The SMILES string of the molecule is CO/C=C(\Cl)C(=O)O. The van der Waals surface area contributed by atoms with E-state index in [0.717, 1.165) is 6.26 Å². The zero-order valence-electron chi connectivity index (χ0n) is 4.22. The highest BCUT2D eigenvalue weighted by Gasteiger charge is 2.00. The molecule has 0 aliphatic heterocycles. The van der Waals surface area contributed by atoms with Crippen LogP contribution in [0, 0.1) is 0 Å². The molecule has 0 radical (unpaired) electrons. The van der Waals surface area contributed by atoms with Crippen LogP contribution in [0.5, 0.6) is 0 Å². The van der Waals surface area contributed by atoms with Crippen molar-refractivity contribution in [2.75, 3.05) is 7.11 Å². The highest BCUT2D eigenvalue weighted by atomic mass is 35.5. The van der Waals surface area contributed by atoms with Gasteiger partial charge >= 0.3 is 5.97 Å². The third-order valence-corrected chi connectivity index (χ3v) is 0.676. The molecule has 8 heavy (non-hydrogen) atoms. The highest BCUT2D eigenvalue weighted by Crippen LogP contribution is 1.98. The fourth-order valence-corrected chi connectivity index (χ4v) is 0.243. The number of methoxy groups -OCH3 is 1. The van der Waals surface area contributed by atoms with Crippen LogP contribution in [0.4, 0.5) is 0 Å². The zero-order chi connectivity index (χ0) is 6.57. The first-order chi connectivity index (χ1) is 3.68. The lowest BCUT2D eigenvalue weighted by Gasteiger charge is -1.87. The molecular weight excluding hydrogens is 131 g/mol. The van der Waals surface area contributed by atoms with Gasteiger partial charge in [0.2, 0.25) is 0 Å². The van der Waals surface area contributed by atoms with Gasteiger partial charge in [0, 0.05) is 0 Å². The first kappa shape index (κ1) is 7.30. The van der Waals surface area contributed by atoms with Crippen LogP contribution in [0.25, 0.3) is 0 Å². The van der Waals surface area contributed by atoms with Crippen LogP contribution in [0.15, 0.2) is 11.3 Å². The summed E-state index contributed by atoms with van der Waals surface area (Å²) in [5.41, 5.74) is 0. The standard InChI is InChI=1S/C4H5ClO3/c1-8-2-3(5)4(6)7/h2H,1H3,(H,6,7)/b3-2-. The molecule has 0 saturated carbocycles. The Bertz CT molecular complexity index is 118. The van der Waals surface area contributed by atoms with E-state index in [-0.39, 0.29) is 5.03 Å². The van der Waals surface area contributed by atoms with Gasteiger partial charge in [-0.2, -0.15) is 0 Å². The Kier molecular flexibility index (Phi) is 3.03. The minimum Gasteiger partial charge on any atom is -0.503 e. The van der Waals surface area contributed by atoms with Crippen LogP contribution in [0.3, 0.4) is 0 Å². The van der Waals surface area contributed by atoms with Crippen LogP contribution in [0.2, 0.25) is 0 Å². The number of ether oxygens (including phenoxy) is 1. The number of aliphatic carboxylic acids is 1. The topological polar surface area (TPSA) is 46.5 Å². The second kappa shape index (κ2) is 3.32. The molecule has 3 nitrogen and oxygen atoms in total. The van der Waals surface area contributed by atoms with Crippen LogP contribution in [-0.2, 0) is 9.53 Å². The number of hydrogen-bond donors (Lipinski definition) is 1. The molecule has 0 spiro atoms. The molecule has 0 amide bonds. The summed E-state index contributed by atoms with van der Waals surface area (Å²) < 4.78 is 4.29. The number of carboxylic acid groups (broad SMARTS) is 1. The van der Waals surface area contributed by atoms with Gasteiger partial charge in [-0.1, -0.05) is 11.6 Å². The lowest BCUT2D eigenvalue weighted by Crippen LogP contribution is -1.93. The molecule has 0 fully saturated rings. The molecule has 0 saturated heterocycles. The largest absolute Gasteiger partial charge is 0.503 e. The fraction of sp³-hybridized carbons (Fsp3) is 0.250. The van der Waals surface area contributed by atoms with Gasteiger partial charge in [0.25, 0.3) is 0 Å². The number of carbonyl (C=O) groups is 1. The minimum absolute atomic E-state index is 0.326. The number of hydrogen-bond acceptors (Lipinski definition) is 2. The van der Waals surface area contributed by atoms with E-state index in [1.165, 1.54) is 7.11 Å². The van der Waals surface area contributed by atoms with Crippen LogP contribution < -0.4 is 0 Å². The van der Waals surface area contributed by atoms with Gasteiger partial charge < -0.3 is 9.84 Å². The van der Waals surface area contributed by atoms with Gasteiger partial charge in [-0.25, -0.2) is 4.79 Å². The monoisotopic (exact) mass is 136 g/mol. The van der Waals surface area contributed by atoms with E-state index in [1.807, 2.05) is 0 Å². The quantitative estimate of drug-likeness (QED) is 0.451. The first-order valence-electron chi connectivity index (χ1n) is 1.80. The van der Waals surface area contributed by atoms with Gasteiger partial charge in [0.1, 0.15) is 6.26 Å². The Morgan fingerprint density at radius 3 is 2.50 bits per heavy atom. The molecule has 1 N–H and O–H groups in total. The Balaban J connectivity index is 3.80. The van der Waals surface area contributed by atoms with Crippen molar-refractivity contribution in [3.05, 3.63) is 11.3 Å². The molecule has 0 rings (SSSR count). The molecule has 0 aromatic heterocycles. The average molecular weight is 137 g/mol. The van der Waals surface area contributed by atoms with Crippen LogP contribution in [0.1, 0.15) is 0 Å². The smallest absolute Gasteiger partial charge is 0.350 e. The second-order valence-electron chi connectivity index (χ2n) is 1.01. The molecular formula is C4H5ClO3. The third-order valence-electron chi connectivity index (χ3n) is 0.426. The van der Waals surface area contributed by atoms with Crippen molar-refractivity contribution in [1.29, 1.82) is 0 Å². The molecule has 0 aromatic rings. The Hall–Kier alpha value is -0.700. The van der Waals surface area contributed by atoms with Crippen molar-refractivity contribution >= 4 is 17.6 Å². The summed E-state index contributed by atoms with van der Waals surface area (Å²) in [6.07, 6.45) is 0.948. The number of carboxylic acids is 1. The second-order valence-corrected chi connectivity index (χ2v) is 1.41. The van der Waals surface area contributed by atoms with E-state index in [9.17, 15) is 4.79 Å². The summed E-state index contributed by atoms with van der Waals surface area (Å²) in [6, 6.07) is 0. The van der Waals surface area contributed by atoms with Crippen molar-refractivity contribution in [3.63, 3.8) is 0 Å². The third kappa shape index (κ3) is 2.47. The molecule has 4 heteroatoms. The van der Waals surface area contributed by atoms with E-state index in [2.05, 4.69) is 4.74 Å². The molecule has 0 bridgehead atoms.